The summed E-state index contributed by atoms with van der Waals surface area (Å²) < 4.78 is 33.7. The summed E-state index contributed by atoms with van der Waals surface area (Å²) in [5, 5.41) is 2.55. The minimum absolute atomic E-state index is 0.0166. The average molecular weight is 363 g/mol. The van der Waals surface area contributed by atoms with E-state index in [4.69, 9.17) is 18.9 Å². The zero-order valence-electron chi connectivity index (χ0n) is 14.7. The lowest BCUT2D eigenvalue weighted by atomic mass is 10.1. The summed E-state index contributed by atoms with van der Waals surface area (Å²) in [5.41, 5.74) is 0.247. The molecule has 0 aliphatic heterocycles. The summed E-state index contributed by atoms with van der Waals surface area (Å²) in [6.07, 6.45) is 0. The van der Waals surface area contributed by atoms with Gasteiger partial charge in [0.15, 0.2) is 23.1 Å². The summed E-state index contributed by atoms with van der Waals surface area (Å²) in [6, 6.07) is 6.57. The van der Waals surface area contributed by atoms with Gasteiger partial charge in [-0.05, 0) is 18.2 Å². The number of hydrogen-bond acceptors (Lipinski definition) is 6. The summed E-state index contributed by atoms with van der Waals surface area (Å²) in [5.74, 6) is -1.37. The number of methoxy groups -OCH3 is 4. The van der Waals surface area contributed by atoms with Crippen molar-refractivity contribution in [2.45, 2.75) is 0 Å². The molecular weight excluding hydrogens is 345 g/mol. The van der Waals surface area contributed by atoms with Gasteiger partial charge in [0, 0.05) is 17.7 Å². The normalized spacial score (nSPS) is 10.0. The molecular formula is C18H18FNO6. The molecule has 0 atom stereocenters. The second kappa shape index (κ2) is 8.19. The predicted octanol–water partition coefficient (Wildman–Crippen LogP) is 2.89. The van der Waals surface area contributed by atoms with Crippen molar-refractivity contribution in [3.8, 4) is 17.2 Å². The first kappa shape index (κ1) is 19.0. The predicted molar refractivity (Wildman–Crippen MR) is 91.8 cm³/mol. The number of esters is 1. The van der Waals surface area contributed by atoms with Crippen LogP contribution in [0.4, 0.5) is 10.1 Å². The highest BCUT2D eigenvalue weighted by Gasteiger charge is 2.20. The van der Waals surface area contributed by atoms with E-state index >= 15 is 0 Å². The number of ether oxygens (including phenoxy) is 4. The molecule has 0 aromatic heterocycles. The van der Waals surface area contributed by atoms with Gasteiger partial charge in [-0.1, -0.05) is 0 Å². The lowest BCUT2D eigenvalue weighted by molar-refractivity contribution is 0.0601. The SMILES string of the molecule is COC(=O)c1cc(OC)c(OC)cc1NC(=O)c1ccc(OC)c(F)c1. The Morgan fingerprint density at radius 1 is 0.885 bits per heavy atom. The first-order chi connectivity index (χ1) is 12.4. The van der Waals surface area contributed by atoms with Crippen molar-refractivity contribution >= 4 is 17.6 Å². The zero-order valence-corrected chi connectivity index (χ0v) is 14.7. The largest absolute Gasteiger partial charge is 0.494 e. The number of nitrogens with one attached hydrogen (secondary N) is 1. The van der Waals surface area contributed by atoms with Gasteiger partial charge in [0.25, 0.3) is 5.91 Å². The summed E-state index contributed by atoms with van der Waals surface area (Å²) >= 11 is 0. The third kappa shape index (κ3) is 3.85. The van der Waals surface area contributed by atoms with E-state index in [1.165, 1.54) is 52.7 Å². The summed E-state index contributed by atoms with van der Waals surface area (Å²) in [7, 11) is 5.37. The van der Waals surface area contributed by atoms with Crippen molar-refractivity contribution < 1.29 is 32.9 Å². The third-order valence-electron chi connectivity index (χ3n) is 3.59. The Hall–Kier alpha value is -3.29. The fourth-order valence-corrected chi connectivity index (χ4v) is 2.26. The number of rotatable bonds is 6. The maximum absolute atomic E-state index is 13.8. The van der Waals surface area contributed by atoms with Crippen molar-refractivity contribution in [1.82, 2.24) is 0 Å². The maximum Gasteiger partial charge on any atom is 0.340 e. The number of carbonyl (C=O) groups excluding carboxylic acids is 2. The molecule has 0 saturated carbocycles. The molecule has 0 radical (unpaired) electrons. The van der Waals surface area contributed by atoms with Crippen molar-refractivity contribution in [2.24, 2.45) is 0 Å². The van der Waals surface area contributed by atoms with E-state index in [-0.39, 0.29) is 22.6 Å². The molecule has 1 N–H and O–H groups in total. The second-order valence-electron chi connectivity index (χ2n) is 5.05. The minimum Gasteiger partial charge on any atom is -0.494 e. The van der Waals surface area contributed by atoms with Gasteiger partial charge >= 0.3 is 5.97 Å². The van der Waals surface area contributed by atoms with Gasteiger partial charge in [0.1, 0.15) is 0 Å². The molecule has 0 heterocycles. The van der Waals surface area contributed by atoms with Crippen LogP contribution in [-0.2, 0) is 4.74 Å². The molecule has 8 heteroatoms. The molecule has 0 fully saturated rings. The Bertz CT molecular complexity index is 837. The fourth-order valence-electron chi connectivity index (χ4n) is 2.26. The van der Waals surface area contributed by atoms with Gasteiger partial charge in [0.05, 0.1) is 39.7 Å². The number of carbonyl (C=O) groups is 2. The molecule has 0 saturated heterocycles. The first-order valence-electron chi connectivity index (χ1n) is 7.44. The molecule has 0 aliphatic rings. The summed E-state index contributed by atoms with van der Waals surface area (Å²) in [6.45, 7) is 0. The number of hydrogen-bond donors (Lipinski definition) is 1. The van der Waals surface area contributed by atoms with E-state index in [9.17, 15) is 14.0 Å². The maximum atomic E-state index is 13.8. The lowest BCUT2D eigenvalue weighted by Gasteiger charge is -2.15. The van der Waals surface area contributed by atoms with Crippen LogP contribution in [0.25, 0.3) is 0 Å². The van der Waals surface area contributed by atoms with Crippen LogP contribution in [0.3, 0.4) is 0 Å². The number of anilines is 1. The molecule has 26 heavy (non-hydrogen) atoms. The number of halogens is 1. The van der Waals surface area contributed by atoms with Crippen molar-refractivity contribution in [2.75, 3.05) is 33.8 Å². The molecule has 138 valence electrons. The van der Waals surface area contributed by atoms with Crippen molar-refractivity contribution in [3.05, 3.63) is 47.3 Å². The van der Waals surface area contributed by atoms with Crippen LogP contribution < -0.4 is 19.5 Å². The van der Waals surface area contributed by atoms with E-state index in [0.29, 0.717) is 11.5 Å². The molecule has 0 bridgehead atoms. The van der Waals surface area contributed by atoms with Gasteiger partial charge in [-0.25, -0.2) is 9.18 Å². The smallest absolute Gasteiger partial charge is 0.340 e. The highest BCUT2D eigenvalue weighted by Crippen LogP contribution is 2.34. The Labute approximate surface area is 149 Å². The Morgan fingerprint density at radius 3 is 2.04 bits per heavy atom. The molecule has 0 unspecified atom stereocenters. The highest BCUT2D eigenvalue weighted by atomic mass is 19.1. The van der Waals surface area contributed by atoms with Crippen LogP contribution in [0.1, 0.15) is 20.7 Å². The van der Waals surface area contributed by atoms with Gasteiger partial charge < -0.3 is 24.3 Å². The fraction of sp³-hybridized carbons (Fsp3) is 0.222. The van der Waals surface area contributed by atoms with E-state index in [0.717, 1.165) is 6.07 Å². The Kier molecular flexibility index (Phi) is 6.00. The molecule has 2 aromatic carbocycles. The highest BCUT2D eigenvalue weighted by molar-refractivity contribution is 6.08. The molecule has 7 nitrogen and oxygen atoms in total. The van der Waals surface area contributed by atoms with E-state index in [1.807, 2.05) is 0 Å². The lowest BCUT2D eigenvalue weighted by Crippen LogP contribution is -2.16. The Morgan fingerprint density at radius 2 is 1.50 bits per heavy atom. The van der Waals surface area contributed by atoms with E-state index < -0.39 is 17.7 Å². The van der Waals surface area contributed by atoms with Gasteiger partial charge in [0.2, 0.25) is 0 Å². The van der Waals surface area contributed by atoms with Gasteiger partial charge in [-0.2, -0.15) is 0 Å². The number of benzene rings is 2. The molecule has 0 aliphatic carbocycles. The van der Waals surface area contributed by atoms with Gasteiger partial charge in [-0.3, -0.25) is 4.79 Å². The van der Waals surface area contributed by atoms with Crippen LogP contribution in [0, 0.1) is 5.82 Å². The average Bonchev–Trinajstić information content (AvgIpc) is 2.66. The van der Waals surface area contributed by atoms with Crippen molar-refractivity contribution in [1.29, 1.82) is 0 Å². The van der Waals surface area contributed by atoms with E-state index in [2.05, 4.69) is 5.32 Å². The summed E-state index contributed by atoms with van der Waals surface area (Å²) in [4.78, 5) is 24.5. The van der Waals surface area contributed by atoms with Crippen LogP contribution in [-0.4, -0.2) is 40.3 Å². The zero-order chi connectivity index (χ0) is 19.3. The molecule has 2 aromatic rings. The first-order valence-corrected chi connectivity index (χ1v) is 7.44. The standard InChI is InChI=1S/C18H18FNO6/c1-23-14-6-5-10(7-12(14)19)17(21)20-13-9-16(25-3)15(24-2)8-11(13)18(22)26-4/h5-9H,1-4H3,(H,20,21). The molecule has 2 rings (SSSR count). The quantitative estimate of drug-likeness (QED) is 0.795. The topological polar surface area (TPSA) is 83.1 Å². The number of amides is 1. The molecule has 0 spiro atoms. The van der Waals surface area contributed by atoms with Crippen LogP contribution in [0.15, 0.2) is 30.3 Å². The molecule has 1 amide bonds. The minimum atomic E-state index is -0.680. The van der Waals surface area contributed by atoms with Gasteiger partial charge in [-0.15, -0.1) is 0 Å². The van der Waals surface area contributed by atoms with Crippen LogP contribution in [0.5, 0.6) is 17.2 Å². The second-order valence-corrected chi connectivity index (χ2v) is 5.05. The third-order valence-corrected chi connectivity index (χ3v) is 3.59. The van der Waals surface area contributed by atoms with Crippen LogP contribution >= 0.6 is 0 Å². The monoisotopic (exact) mass is 363 g/mol. The Balaban J connectivity index is 2.42. The van der Waals surface area contributed by atoms with E-state index in [1.54, 1.807) is 0 Å². The van der Waals surface area contributed by atoms with Crippen LogP contribution in [0.2, 0.25) is 0 Å². The van der Waals surface area contributed by atoms with Crippen molar-refractivity contribution in [3.63, 3.8) is 0 Å².